The first-order valence-corrected chi connectivity index (χ1v) is 7.42. The number of hydrogen-bond donors (Lipinski definition) is 3. The van der Waals surface area contributed by atoms with Crippen molar-refractivity contribution in [3.05, 3.63) is 71.8 Å². The molecule has 0 saturated heterocycles. The Labute approximate surface area is 162 Å². The van der Waals surface area contributed by atoms with Gasteiger partial charge < -0.3 is 10.6 Å². The average molecular weight is 442 g/mol. The molecule has 0 heterocycles. The number of nitrogens with two attached hydrogens (primary N) is 1. The summed E-state index contributed by atoms with van der Waals surface area (Å²) < 4.78 is 0. The number of rotatable bonds is 4. The molecule has 1 radical (unpaired) electrons. The molecule has 127 valence electrons. The molecule has 0 aliphatic heterocycles. The van der Waals surface area contributed by atoms with Gasteiger partial charge in [0.1, 0.15) is 0 Å². The van der Waals surface area contributed by atoms with Gasteiger partial charge in [0.2, 0.25) is 0 Å². The van der Waals surface area contributed by atoms with Crippen LogP contribution in [0.15, 0.2) is 60.7 Å². The summed E-state index contributed by atoms with van der Waals surface area (Å²) in [6.07, 6.45) is 0. The van der Waals surface area contributed by atoms with Crippen LogP contribution in [-0.4, -0.2) is 15.4 Å². The second kappa shape index (κ2) is 12.3. The van der Waals surface area contributed by atoms with Crippen LogP contribution in [0, 0.1) is 0 Å². The first kappa shape index (κ1) is 21.8. The van der Waals surface area contributed by atoms with E-state index in [9.17, 15) is 4.79 Å². The van der Waals surface area contributed by atoms with Crippen molar-refractivity contribution in [2.24, 2.45) is 5.73 Å². The van der Waals surface area contributed by atoms with Crippen LogP contribution in [0.2, 0.25) is 0 Å². The summed E-state index contributed by atoms with van der Waals surface area (Å²) in [7, 11) is 0. The van der Waals surface area contributed by atoms with Crippen molar-refractivity contribution in [1.82, 2.24) is 4.90 Å². The van der Waals surface area contributed by atoms with Crippen LogP contribution in [0.3, 0.4) is 0 Å². The zero-order valence-electron chi connectivity index (χ0n) is 12.2. The largest absolute Gasteiger partial charge is 0.361 e. The summed E-state index contributed by atoms with van der Waals surface area (Å²) >= 11 is 7.05. The number of hydrogen-bond acceptors (Lipinski definition) is 2. The SMILES string of the molecule is NC(=O)S.O=C(S)N(Cc1ccccc1)Cc1ccccc1.[Ag]. The third kappa shape index (κ3) is 10.3. The van der Waals surface area contributed by atoms with Gasteiger partial charge in [0, 0.05) is 35.5 Å². The van der Waals surface area contributed by atoms with Crippen LogP contribution in [0.25, 0.3) is 0 Å². The number of thiol groups is 2. The minimum atomic E-state index is -0.639. The van der Waals surface area contributed by atoms with E-state index in [4.69, 9.17) is 4.79 Å². The van der Waals surface area contributed by atoms with Crippen molar-refractivity contribution in [1.29, 1.82) is 0 Å². The van der Waals surface area contributed by atoms with Gasteiger partial charge in [0.25, 0.3) is 10.5 Å². The number of nitrogens with zero attached hydrogens (tertiary/aromatic N) is 1. The molecule has 0 fully saturated rings. The number of carbonyl (C=O) groups is 2. The maximum absolute atomic E-state index is 11.5. The van der Waals surface area contributed by atoms with E-state index in [-0.39, 0.29) is 27.6 Å². The van der Waals surface area contributed by atoms with E-state index < -0.39 is 5.24 Å². The van der Waals surface area contributed by atoms with E-state index in [0.29, 0.717) is 13.1 Å². The van der Waals surface area contributed by atoms with E-state index in [1.165, 1.54) is 0 Å². The molecule has 4 nitrogen and oxygen atoms in total. The second-order valence-corrected chi connectivity index (χ2v) is 5.27. The van der Waals surface area contributed by atoms with Gasteiger partial charge in [-0.3, -0.25) is 9.59 Å². The molecule has 0 aliphatic rings. The molecule has 2 aromatic rings. The van der Waals surface area contributed by atoms with Gasteiger partial charge in [-0.1, -0.05) is 85.9 Å². The molecule has 0 aliphatic carbocycles. The predicted octanol–water partition coefficient (Wildman–Crippen LogP) is 3.73. The second-order valence-electron chi connectivity index (χ2n) is 4.45. The van der Waals surface area contributed by atoms with Gasteiger partial charge >= 0.3 is 0 Å². The molecule has 0 spiro atoms. The molecule has 0 saturated carbocycles. The smallest absolute Gasteiger partial charge is 0.279 e. The Balaban J connectivity index is 0.000000871. The van der Waals surface area contributed by atoms with Crippen molar-refractivity contribution in [2.45, 2.75) is 13.1 Å². The maximum atomic E-state index is 11.5. The van der Waals surface area contributed by atoms with E-state index in [2.05, 4.69) is 31.0 Å². The number of benzene rings is 2. The quantitative estimate of drug-likeness (QED) is 0.499. The predicted molar refractivity (Wildman–Crippen MR) is 95.1 cm³/mol. The third-order valence-corrected chi connectivity index (χ3v) is 2.99. The summed E-state index contributed by atoms with van der Waals surface area (Å²) in [6, 6.07) is 19.9. The van der Waals surface area contributed by atoms with Crippen molar-refractivity contribution >= 4 is 35.7 Å². The Hall–Kier alpha value is -1.18. The standard InChI is InChI=1S/C15H15NOS.CH3NOS.Ag/c17-15(18)16(11-13-7-3-1-4-8-13)12-14-9-5-2-6-10-14;2-1(3)4;/h1-10H,11-12H2,(H,17,18);(H3,2,3,4);. The molecule has 0 unspecified atom stereocenters. The summed E-state index contributed by atoms with van der Waals surface area (Å²) in [4.78, 5) is 22.3. The summed E-state index contributed by atoms with van der Waals surface area (Å²) in [6.45, 7) is 1.16. The maximum Gasteiger partial charge on any atom is 0.279 e. The molecule has 0 atom stereocenters. The van der Waals surface area contributed by atoms with Gasteiger partial charge in [-0.05, 0) is 11.1 Å². The molecule has 2 aromatic carbocycles. The van der Waals surface area contributed by atoms with Crippen LogP contribution >= 0.6 is 25.3 Å². The average Bonchev–Trinajstić information content (AvgIpc) is 2.48. The van der Waals surface area contributed by atoms with Crippen LogP contribution in [0.1, 0.15) is 11.1 Å². The topological polar surface area (TPSA) is 63.4 Å². The molecule has 2 amide bonds. The molecular weight excluding hydrogens is 424 g/mol. The third-order valence-electron chi connectivity index (χ3n) is 2.70. The molecule has 2 N–H and O–H groups in total. The molecular formula is C16H18AgN2O2S2. The molecule has 0 aromatic heterocycles. The summed E-state index contributed by atoms with van der Waals surface area (Å²) in [5.41, 5.74) is 6.55. The van der Waals surface area contributed by atoms with Crippen LogP contribution in [-0.2, 0) is 35.5 Å². The van der Waals surface area contributed by atoms with Gasteiger partial charge in [0.05, 0.1) is 0 Å². The number of carbonyl (C=O) groups excluding carboxylic acids is 2. The Kier molecular flexibility index (Phi) is 11.6. The fourth-order valence-corrected chi connectivity index (χ4v) is 1.94. The summed E-state index contributed by atoms with van der Waals surface area (Å²) in [5.74, 6) is 0. The van der Waals surface area contributed by atoms with Crippen LogP contribution in [0.5, 0.6) is 0 Å². The van der Waals surface area contributed by atoms with E-state index in [0.717, 1.165) is 11.1 Å². The van der Waals surface area contributed by atoms with Crippen LogP contribution < -0.4 is 5.73 Å². The van der Waals surface area contributed by atoms with Gasteiger partial charge in [0.15, 0.2) is 0 Å². The Morgan fingerprint density at radius 1 is 0.826 bits per heavy atom. The molecule has 0 bridgehead atoms. The van der Waals surface area contributed by atoms with Gasteiger partial charge in [-0.25, -0.2) is 0 Å². The zero-order valence-corrected chi connectivity index (χ0v) is 15.5. The van der Waals surface area contributed by atoms with Gasteiger partial charge in [-0.2, -0.15) is 0 Å². The van der Waals surface area contributed by atoms with Gasteiger partial charge in [-0.15, -0.1) is 0 Å². The van der Waals surface area contributed by atoms with E-state index in [1.807, 2.05) is 60.7 Å². The van der Waals surface area contributed by atoms with Crippen molar-refractivity contribution in [3.8, 4) is 0 Å². The number of amides is 2. The molecule has 23 heavy (non-hydrogen) atoms. The Morgan fingerprint density at radius 3 is 1.39 bits per heavy atom. The van der Waals surface area contributed by atoms with E-state index >= 15 is 0 Å². The molecule has 7 heteroatoms. The Morgan fingerprint density at radius 2 is 1.13 bits per heavy atom. The minimum absolute atomic E-state index is 0. The van der Waals surface area contributed by atoms with Crippen molar-refractivity contribution in [3.63, 3.8) is 0 Å². The van der Waals surface area contributed by atoms with Crippen molar-refractivity contribution < 1.29 is 32.0 Å². The normalized spacial score (nSPS) is 8.96. The van der Waals surface area contributed by atoms with Crippen LogP contribution in [0.4, 0.5) is 9.59 Å². The summed E-state index contributed by atoms with van der Waals surface area (Å²) in [5, 5.41) is -0.845. The fraction of sp³-hybridized carbons (Fsp3) is 0.125. The monoisotopic (exact) mass is 441 g/mol. The van der Waals surface area contributed by atoms with Crippen molar-refractivity contribution in [2.75, 3.05) is 0 Å². The molecule has 2 rings (SSSR count). The fourth-order valence-electron chi connectivity index (χ4n) is 1.80. The zero-order chi connectivity index (χ0) is 16.4. The Bertz CT molecular complexity index is 552. The minimum Gasteiger partial charge on any atom is -0.361 e. The number of primary amides is 1. The first-order valence-electron chi connectivity index (χ1n) is 6.53. The first-order chi connectivity index (χ1) is 10.5. The van der Waals surface area contributed by atoms with E-state index in [1.54, 1.807) is 4.90 Å².